The number of ether oxygens (including phenoxy) is 1. The zero-order chi connectivity index (χ0) is 17.1. The Kier molecular flexibility index (Phi) is 4.62. The fourth-order valence-electron chi connectivity index (χ4n) is 2.35. The molecule has 0 radical (unpaired) electrons. The fraction of sp³-hybridized carbons (Fsp3) is 0.0526. The highest BCUT2D eigenvalue weighted by Crippen LogP contribution is 2.29. The van der Waals surface area contributed by atoms with E-state index in [1.165, 1.54) is 6.07 Å². The van der Waals surface area contributed by atoms with Crippen molar-refractivity contribution in [3.05, 3.63) is 76.3 Å². The summed E-state index contributed by atoms with van der Waals surface area (Å²) in [5.74, 6) is -1.19. The van der Waals surface area contributed by atoms with Crippen LogP contribution in [0.15, 0.2) is 65.1 Å². The number of ketones is 1. The van der Waals surface area contributed by atoms with Gasteiger partial charge < -0.3 is 9.84 Å². The molecule has 0 aliphatic carbocycles. The van der Waals surface area contributed by atoms with Crippen LogP contribution >= 0.6 is 15.9 Å². The number of hydrogen-bond donors (Lipinski definition) is 1. The molecule has 0 atom stereocenters. The van der Waals surface area contributed by atoms with Crippen LogP contribution in [0.5, 0.6) is 5.75 Å². The lowest BCUT2D eigenvalue weighted by molar-refractivity contribution is 0.0472. The van der Waals surface area contributed by atoms with Gasteiger partial charge in [0.25, 0.3) is 0 Å². The Balaban J connectivity index is 1.74. The number of hydrogen-bond acceptors (Lipinski definition) is 4. The summed E-state index contributed by atoms with van der Waals surface area (Å²) in [6, 6.07) is 17.2. The molecule has 0 saturated heterocycles. The van der Waals surface area contributed by atoms with Crippen molar-refractivity contribution in [1.82, 2.24) is 0 Å². The highest BCUT2D eigenvalue weighted by molar-refractivity contribution is 9.10. The maximum absolute atomic E-state index is 12.2. The topological polar surface area (TPSA) is 63.6 Å². The maximum Gasteiger partial charge on any atom is 0.342 e. The molecule has 1 N–H and O–H groups in total. The molecule has 24 heavy (non-hydrogen) atoms. The molecular formula is C19H13BrO4. The van der Waals surface area contributed by atoms with Crippen LogP contribution in [0.25, 0.3) is 10.8 Å². The van der Waals surface area contributed by atoms with E-state index in [1.54, 1.807) is 42.5 Å². The van der Waals surface area contributed by atoms with Gasteiger partial charge in [0, 0.05) is 15.4 Å². The number of halogens is 1. The predicted molar refractivity (Wildman–Crippen MR) is 94.4 cm³/mol. The van der Waals surface area contributed by atoms with Gasteiger partial charge in [0.15, 0.2) is 12.4 Å². The molecule has 0 fully saturated rings. The average molecular weight is 385 g/mol. The number of fused-ring (bicyclic) bond motifs is 1. The summed E-state index contributed by atoms with van der Waals surface area (Å²) < 4.78 is 5.90. The Bertz CT molecular complexity index is 916. The van der Waals surface area contributed by atoms with Crippen molar-refractivity contribution in [3.63, 3.8) is 0 Å². The molecule has 3 rings (SSSR count). The summed E-state index contributed by atoms with van der Waals surface area (Å²) in [7, 11) is 0. The number of carbonyl (C=O) groups is 2. The summed E-state index contributed by atoms with van der Waals surface area (Å²) in [4.78, 5) is 24.2. The monoisotopic (exact) mass is 384 g/mol. The van der Waals surface area contributed by atoms with Gasteiger partial charge in [-0.1, -0.05) is 58.4 Å². The third-order valence-corrected chi connectivity index (χ3v) is 4.15. The van der Waals surface area contributed by atoms with Crippen LogP contribution in [-0.4, -0.2) is 23.5 Å². The Hall–Kier alpha value is -2.66. The molecule has 0 unspecified atom stereocenters. The van der Waals surface area contributed by atoms with Gasteiger partial charge in [0.1, 0.15) is 11.3 Å². The largest absolute Gasteiger partial charge is 0.506 e. The van der Waals surface area contributed by atoms with E-state index in [4.69, 9.17) is 4.74 Å². The molecule has 0 bridgehead atoms. The van der Waals surface area contributed by atoms with E-state index >= 15 is 0 Å². The molecular weight excluding hydrogens is 372 g/mol. The van der Waals surface area contributed by atoms with Gasteiger partial charge >= 0.3 is 5.97 Å². The number of carbonyl (C=O) groups excluding carboxylic acids is 2. The Labute approximate surface area is 146 Å². The van der Waals surface area contributed by atoms with E-state index in [-0.39, 0.29) is 23.7 Å². The Morgan fingerprint density at radius 3 is 2.42 bits per heavy atom. The molecule has 4 nitrogen and oxygen atoms in total. The highest BCUT2D eigenvalue weighted by Gasteiger charge is 2.17. The third-order valence-electron chi connectivity index (χ3n) is 3.62. The maximum atomic E-state index is 12.2. The first-order valence-corrected chi connectivity index (χ1v) is 8.02. The number of aromatic hydroxyl groups is 1. The molecule has 0 saturated carbocycles. The van der Waals surface area contributed by atoms with Crippen LogP contribution in [0.3, 0.4) is 0 Å². The predicted octanol–water partition coefficient (Wildman–Crippen LogP) is 4.35. The van der Waals surface area contributed by atoms with E-state index in [2.05, 4.69) is 15.9 Å². The standard InChI is InChI=1S/C19H13BrO4/c20-14-8-5-13(6-9-14)17(21)11-24-19(23)16-10-7-12-3-1-2-4-15(12)18(16)22/h1-10,22H,11H2. The van der Waals surface area contributed by atoms with Crippen LogP contribution in [0.2, 0.25) is 0 Å². The lowest BCUT2D eigenvalue weighted by Crippen LogP contribution is -2.14. The zero-order valence-corrected chi connectivity index (χ0v) is 14.1. The lowest BCUT2D eigenvalue weighted by atomic mass is 10.1. The first-order valence-electron chi connectivity index (χ1n) is 7.23. The van der Waals surface area contributed by atoms with Gasteiger partial charge in [0.2, 0.25) is 0 Å². The molecule has 0 aliphatic rings. The summed E-state index contributed by atoms with van der Waals surface area (Å²) in [6.07, 6.45) is 0. The quantitative estimate of drug-likeness (QED) is 0.536. The molecule has 3 aromatic carbocycles. The Morgan fingerprint density at radius 2 is 1.67 bits per heavy atom. The van der Waals surface area contributed by atoms with Crippen molar-refractivity contribution in [2.45, 2.75) is 0 Å². The Morgan fingerprint density at radius 1 is 0.958 bits per heavy atom. The fourth-order valence-corrected chi connectivity index (χ4v) is 2.61. The smallest absolute Gasteiger partial charge is 0.342 e. The van der Waals surface area contributed by atoms with E-state index in [0.717, 1.165) is 9.86 Å². The normalized spacial score (nSPS) is 10.5. The first kappa shape index (κ1) is 16.2. The van der Waals surface area contributed by atoms with E-state index in [0.29, 0.717) is 10.9 Å². The summed E-state index contributed by atoms with van der Waals surface area (Å²) >= 11 is 3.29. The minimum atomic E-state index is -0.733. The number of phenolic OH excluding ortho intramolecular Hbond substituents is 1. The van der Waals surface area contributed by atoms with Gasteiger partial charge in [-0.15, -0.1) is 0 Å². The molecule has 120 valence electrons. The SMILES string of the molecule is O=C(COC(=O)c1ccc2ccccc2c1O)c1ccc(Br)cc1. The lowest BCUT2D eigenvalue weighted by Gasteiger charge is -2.08. The molecule has 0 spiro atoms. The summed E-state index contributed by atoms with van der Waals surface area (Å²) in [5, 5.41) is 11.6. The molecule has 0 aliphatic heterocycles. The summed E-state index contributed by atoms with van der Waals surface area (Å²) in [5.41, 5.74) is 0.492. The second-order valence-electron chi connectivity index (χ2n) is 5.19. The number of rotatable bonds is 4. The van der Waals surface area contributed by atoms with Crippen molar-refractivity contribution in [3.8, 4) is 5.75 Å². The molecule has 5 heteroatoms. The van der Waals surface area contributed by atoms with E-state index in [9.17, 15) is 14.7 Å². The van der Waals surface area contributed by atoms with Crippen LogP contribution in [-0.2, 0) is 4.74 Å². The van der Waals surface area contributed by atoms with Crippen molar-refractivity contribution >= 4 is 38.5 Å². The number of Topliss-reactive ketones (excluding diaryl/α,β-unsaturated/α-hetero) is 1. The van der Waals surface area contributed by atoms with Crippen LogP contribution in [0, 0.1) is 0 Å². The first-order chi connectivity index (χ1) is 11.6. The average Bonchev–Trinajstić information content (AvgIpc) is 2.60. The van der Waals surface area contributed by atoms with Crippen molar-refractivity contribution < 1.29 is 19.4 Å². The molecule has 0 amide bonds. The molecule has 0 aromatic heterocycles. The van der Waals surface area contributed by atoms with Crippen LogP contribution in [0.1, 0.15) is 20.7 Å². The summed E-state index contributed by atoms with van der Waals surface area (Å²) in [6.45, 7) is -0.382. The van der Waals surface area contributed by atoms with Gasteiger partial charge in [-0.05, 0) is 23.6 Å². The van der Waals surface area contributed by atoms with Crippen LogP contribution in [0.4, 0.5) is 0 Å². The van der Waals surface area contributed by atoms with Crippen molar-refractivity contribution in [2.75, 3.05) is 6.61 Å². The number of benzene rings is 3. The number of esters is 1. The third kappa shape index (κ3) is 3.31. The minimum Gasteiger partial charge on any atom is -0.506 e. The molecule has 3 aromatic rings. The van der Waals surface area contributed by atoms with E-state index < -0.39 is 5.97 Å². The van der Waals surface area contributed by atoms with Gasteiger partial charge in [-0.2, -0.15) is 0 Å². The zero-order valence-electron chi connectivity index (χ0n) is 12.5. The van der Waals surface area contributed by atoms with Gasteiger partial charge in [-0.3, -0.25) is 4.79 Å². The second kappa shape index (κ2) is 6.84. The number of phenols is 1. The van der Waals surface area contributed by atoms with Gasteiger partial charge in [0.05, 0.1) is 0 Å². The minimum absolute atomic E-state index is 0.0392. The van der Waals surface area contributed by atoms with Crippen molar-refractivity contribution in [2.24, 2.45) is 0 Å². The highest BCUT2D eigenvalue weighted by atomic mass is 79.9. The molecule has 0 heterocycles. The second-order valence-corrected chi connectivity index (χ2v) is 6.10. The van der Waals surface area contributed by atoms with Gasteiger partial charge in [-0.25, -0.2) is 4.79 Å². The van der Waals surface area contributed by atoms with E-state index in [1.807, 2.05) is 12.1 Å². The van der Waals surface area contributed by atoms with Crippen molar-refractivity contribution in [1.29, 1.82) is 0 Å². The van der Waals surface area contributed by atoms with Crippen LogP contribution < -0.4 is 0 Å².